The van der Waals surface area contributed by atoms with Crippen molar-refractivity contribution in [3.8, 4) is 11.8 Å². The van der Waals surface area contributed by atoms with E-state index in [2.05, 4.69) is 10.5 Å². The SMILES string of the molecule is N#Cc1ccccc1OCC(=O)N/N=C\c1ccc(Cl)cc1Cl. The first-order valence-electron chi connectivity index (χ1n) is 6.49. The summed E-state index contributed by atoms with van der Waals surface area (Å²) >= 11 is 11.8. The molecule has 1 amide bonds. The van der Waals surface area contributed by atoms with E-state index in [9.17, 15) is 4.79 Å². The molecule has 0 atom stereocenters. The maximum Gasteiger partial charge on any atom is 0.277 e. The lowest BCUT2D eigenvalue weighted by atomic mass is 10.2. The zero-order valence-corrected chi connectivity index (χ0v) is 13.3. The van der Waals surface area contributed by atoms with E-state index >= 15 is 0 Å². The van der Waals surface area contributed by atoms with E-state index in [0.29, 0.717) is 26.9 Å². The molecule has 1 N–H and O–H groups in total. The predicted molar refractivity (Wildman–Crippen MR) is 88.9 cm³/mol. The average Bonchev–Trinajstić information content (AvgIpc) is 2.55. The van der Waals surface area contributed by atoms with E-state index in [1.54, 1.807) is 42.5 Å². The number of amides is 1. The molecule has 0 spiro atoms. The second kappa shape index (κ2) is 8.18. The monoisotopic (exact) mass is 347 g/mol. The van der Waals surface area contributed by atoms with Gasteiger partial charge in [0.1, 0.15) is 11.8 Å². The zero-order valence-electron chi connectivity index (χ0n) is 11.8. The maximum absolute atomic E-state index is 11.7. The number of benzene rings is 2. The molecule has 7 heteroatoms. The lowest BCUT2D eigenvalue weighted by Crippen LogP contribution is -2.24. The summed E-state index contributed by atoms with van der Waals surface area (Å²) in [4.78, 5) is 11.7. The van der Waals surface area contributed by atoms with Crippen molar-refractivity contribution < 1.29 is 9.53 Å². The molecule has 2 aromatic carbocycles. The Morgan fingerprint density at radius 3 is 2.83 bits per heavy atom. The summed E-state index contributed by atoms with van der Waals surface area (Å²) in [5.74, 6) is -0.117. The molecular formula is C16H11Cl2N3O2. The van der Waals surface area contributed by atoms with Crippen LogP contribution in [0.1, 0.15) is 11.1 Å². The standard InChI is InChI=1S/C16H11Cl2N3O2/c17-13-6-5-12(14(18)7-13)9-20-21-16(22)10-23-15-4-2-1-3-11(15)8-19/h1-7,9H,10H2,(H,21,22)/b20-9-. The number of carbonyl (C=O) groups is 1. The lowest BCUT2D eigenvalue weighted by molar-refractivity contribution is -0.123. The summed E-state index contributed by atoms with van der Waals surface area (Å²) < 4.78 is 5.28. The van der Waals surface area contributed by atoms with Gasteiger partial charge >= 0.3 is 0 Å². The fraction of sp³-hybridized carbons (Fsp3) is 0.0625. The lowest BCUT2D eigenvalue weighted by Gasteiger charge is -2.06. The van der Waals surface area contributed by atoms with Gasteiger partial charge < -0.3 is 4.74 Å². The highest BCUT2D eigenvalue weighted by molar-refractivity contribution is 6.36. The van der Waals surface area contributed by atoms with Crippen LogP contribution in [0.2, 0.25) is 10.0 Å². The molecule has 0 aromatic heterocycles. The van der Waals surface area contributed by atoms with Gasteiger partial charge in [-0.3, -0.25) is 4.79 Å². The molecule has 23 heavy (non-hydrogen) atoms. The first-order valence-corrected chi connectivity index (χ1v) is 7.24. The molecule has 5 nitrogen and oxygen atoms in total. The Kier molecular flexibility index (Phi) is 5.98. The third-order valence-electron chi connectivity index (χ3n) is 2.72. The Morgan fingerprint density at radius 1 is 1.30 bits per heavy atom. The van der Waals surface area contributed by atoms with Gasteiger partial charge in [0.2, 0.25) is 0 Å². The van der Waals surface area contributed by atoms with Crippen LogP contribution in [-0.2, 0) is 4.79 Å². The number of hydrogen-bond acceptors (Lipinski definition) is 4. The van der Waals surface area contributed by atoms with Gasteiger partial charge in [0.25, 0.3) is 5.91 Å². The van der Waals surface area contributed by atoms with Crippen LogP contribution in [0.25, 0.3) is 0 Å². The molecule has 0 heterocycles. The molecule has 0 saturated heterocycles. The summed E-state index contributed by atoms with van der Waals surface area (Å²) in [7, 11) is 0. The van der Waals surface area contributed by atoms with Crippen molar-refractivity contribution in [2.45, 2.75) is 0 Å². The van der Waals surface area contributed by atoms with E-state index in [0.717, 1.165) is 0 Å². The highest BCUT2D eigenvalue weighted by Gasteiger charge is 2.05. The van der Waals surface area contributed by atoms with Crippen molar-refractivity contribution >= 4 is 35.3 Å². The highest BCUT2D eigenvalue weighted by Crippen LogP contribution is 2.19. The van der Waals surface area contributed by atoms with E-state index < -0.39 is 5.91 Å². The minimum absolute atomic E-state index is 0.260. The van der Waals surface area contributed by atoms with Crippen molar-refractivity contribution in [3.63, 3.8) is 0 Å². The number of halogens is 2. The van der Waals surface area contributed by atoms with Crippen molar-refractivity contribution in [1.29, 1.82) is 5.26 Å². The van der Waals surface area contributed by atoms with E-state index in [1.807, 2.05) is 6.07 Å². The van der Waals surface area contributed by atoms with Gasteiger partial charge in [-0.1, -0.05) is 41.4 Å². The molecule has 0 unspecified atom stereocenters. The number of rotatable bonds is 5. The topological polar surface area (TPSA) is 74.5 Å². The van der Waals surface area contributed by atoms with Crippen LogP contribution < -0.4 is 10.2 Å². The predicted octanol–water partition coefficient (Wildman–Crippen LogP) is 3.39. The fourth-order valence-electron chi connectivity index (χ4n) is 1.64. The van der Waals surface area contributed by atoms with Gasteiger partial charge in [0.15, 0.2) is 6.61 Å². The Hall–Kier alpha value is -2.55. The Morgan fingerprint density at radius 2 is 2.09 bits per heavy atom. The summed E-state index contributed by atoms with van der Waals surface area (Å²) in [6, 6.07) is 13.6. The summed E-state index contributed by atoms with van der Waals surface area (Å²) in [6.07, 6.45) is 1.40. The van der Waals surface area contributed by atoms with E-state index in [-0.39, 0.29) is 6.61 Å². The van der Waals surface area contributed by atoms with Crippen molar-refractivity contribution in [1.82, 2.24) is 5.43 Å². The van der Waals surface area contributed by atoms with Crippen LogP contribution in [0.15, 0.2) is 47.6 Å². The molecule has 0 bridgehead atoms. The first-order chi connectivity index (χ1) is 11.1. The smallest absolute Gasteiger partial charge is 0.277 e. The normalized spacial score (nSPS) is 10.3. The number of nitrogens with zero attached hydrogens (tertiary/aromatic N) is 2. The molecule has 2 rings (SSSR count). The number of hydrazone groups is 1. The average molecular weight is 348 g/mol. The summed E-state index contributed by atoms with van der Waals surface area (Å²) in [6.45, 7) is -0.260. The summed E-state index contributed by atoms with van der Waals surface area (Å²) in [5, 5.41) is 13.7. The molecule has 0 aliphatic rings. The van der Waals surface area contributed by atoms with Gasteiger partial charge in [0, 0.05) is 10.6 Å². The quantitative estimate of drug-likeness (QED) is 0.665. The third kappa shape index (κ3) is 4.99. The first kappa shape index (κ1) is 16.8. The van der Waals surface area contributed by atoms with Gasteiger partial charge in [-0.15, -0.1) is 0 Å². The van der Waals surface area contributed by atoms with Crippen LogP contribution in [-0.4, -0.2) is 18.7 Å². The molecule has 0 aliphatic heterocycles. The van der Waals surface area contributed by atoms with Crippen LogP contribution in [0.3, 0.4) is 0 Å². The zero-order chi connectivity index (χ0) is 16.7. The molecule has 0 radical (unpaired) electrons. The molecule has 2 aromatic rings. The number of para-hydroxylation sites is 1. The molecule has 0 fully saturated rings. The molecule has 116 valence electrons. The highest BCUT2D eigenvalue weighted by atomic mass is 35.5. The minimum atomic E-state index is -0.459. The van der Waals surface area contributed by atoms with Crippen LogP contribution in [0, 0.1) is 11.3 Å². The van der Waals surface area contributed by atoms with Crippen LogP contribution >= 0.6 is 23.2 Å². The number of hydrogen-bond donors (Lipinski definition) is 1. The largest absolute Gasteiger partial charge is 0.482 e. The maximum atomic E-state index is 11.7. The van der Waals surface area contributed by atoms with Gasteiger partial charge in [-0.25, -0.2) is 5.43 Å². The Bertz CT molecular complexity index is 785. The van der Waals surface area contributed by atoms with E-state index in [4.69, 9.17) is 33.2 Å². The summed E-state index contributed by atoms with van der Waals surface area (Å²) in [5.41, 5.74) is 3.29. The second-order valence-electron chi connectivity index (χ2n) is 4.36. The van der Waals surface area contributed by atoms with Crippen molar-refractivity contribution in [2.75, 3.05) is 6.61 Å². The van der Waals surface area contributed by atoms with Gasteiger partial charge in [-0.05, 0) is 24.3 Å². The van der Waals surface area contributed by atoms with Crippen LogP contribution in [0.4, 0.5) is 0 Å². The number of nitrogens with one attached hydrogen (secondary N) is 1. The van der Waals surface area contributed by atoms with E-state index in [1.165, 1.54) is 6.21 Å². The molecule has 0 saturated carbocycles. The third-order valence-corrected chi connectivity index (χ3v) is 3.28. The number of ether oxygens (including phenoxy) is 1. The second-order valence-corrected chi connectivity index (χ2v) is 5.20. The minimum Gasteiger partial charge on any atom is -0.482 e. The van der Waals surface area contributed by atoms with Crippen molar-refractivity contribution in [2.24, 2.45) is 5.10 Å². The van der Waals surface area contributed by atoms with Gasteiger partial charge in [-0.2, -0.15) is 10.4 Å². The number of nitriles is 1. The Balaban J connectivity index is 1.88. The fourth-order valence-corrected chi connectivity index (χ4v) is 2.10. The Labute approximate surface area is 143 Å². The van der Waals surface area contributed by atoms with Crippen LogP contribution in [0.5, 0.6) is 5.75 Å². The molecular weight excluding hydrogens is 337 g/mol. The molecule has 0 aliphatic carbocycles. The van der Waals surface area contributed by atoms with Gasteiger partial charge in [0.05, 0.1) is 16.8 Å². The van der Waals surface area contributed by atoms with Crippen molar-refractivity contribution in [3.05, 3.63) is 63.6 Å². The number of carbonyl (C=O) groups excluding carboxylic acids is 1.